The van der Waals surface area contributed by atoms with Crippen LogP contribution in [0.4, 0.5) is 5.69 Å². The number of aryl methyl sites for hydroxylation is 1. The van der Waals surface area contributed by atoms with Crippen LogP contribution in [0, 0.1) is 12.8 Å². The molecule has 11 heavy (non-hydrogen) atoms. The second kappa shape index (κ2) is 2.22. The normalized spacial score (nSPS) is 21.8. The van der Waals surface area contributed by atoms with E-state index in [1.807, 2.05) is 19.2 Å². The van der Waals surface area contributed by atoms with E-state index in [1.54, 1.807) is 0 Å². The number of fused-ring (bicyclic) bond motifs is 1. The molecule has 1 aliphatic rings. The third-order valence-electron chi connectivity index (χ3n) is 1.89. The highest BCUT2D eigenvalue weighted by molar-refractivity contribution is 5.69. The van der Waals surface area contributed by atoms with Crippen LogP contribution in [0.3, 0.4) is 0 Å². The van der Waals surface area contributed by atoms with E-state index in [1.165, 1.54) is 0 Å². The van der Waals surface area contributed by atoms with Crippen LogP contribution in [-0.2, 0) is 6.42 Å². The highest BCUT2D eigenvalue weighted by Gasteiger charge is 2.14. The molecule has 0 amide bonds. The zero-order valence-electron chi connectivity index (χ0n) is 6.79. The van der Waals surface area contributed by atoms with Crippen LogP contribution >= 0.6 is 0 Å². The van der Waals surface area contributed by atoms with E-state index in [-0.39, 0.29) is 0 Å². The second-order valence-corrected chi connectivity index (χ2v) is 3.13. The van der Waals surface area contributed by atoms with Crippen LogP contribution in [0.15, 0.2) is 15.5 Å². The Hall–Kier alpha value is -1.05. The fourth-order valence-electron chi connectivity index (χ4n) is 1.36. The quantitative estimate of drug-likeness (QED) is 0.556. The summed E-state index contributed by atoms with van der Waals surface area (Å²) in [4.78, 5) is 4.28. The molecule has 1 aliphatic heterocycles. The first-order valence-corrected chi connectivity index (χ1v) is 3.89. The van der Waals surface area contributed by atoms with Crippen molar-refractivity contribution in [3.05, 3.63) is 17.6 Å². The molecule has 1 unspecified atom stereocenters. The largest absolute Gasteiger partial charge is 0.464 e. The monoisotopic (exact) mass is 149 g/mol. The van der Waals surface area contributed by atoms with Crippen LogP contribution in [0.1, 0.15) is 18.4 Å². The minimum absolute atomic E-state index is 0.521. The number of nitrogens with zero attached hydrogens (tertiary/aromatic N) is 1. The van der Waals surface area contributed by atoms with Gasteiger partial charge >= 0.3 is 0 Å². The molecule has 1 aromatic rings. The molecule has 0 aliphatic carbocycles. The first-order valence-electron chi connectivity index (χ1n) is 3.89. The van der Waals surface area contributed by atoms with Crippen LogP contribution in [-0.4, -0.2) is 6.21 Å². The molecule has 2 heterocycles. The van der Waals surface area contributed by atoms with Crippen LogP contribution in [0.25, 0.3) is 0 Å². The first-order chi connectivity index (χ1) is 5.25. The Balaban J connectivity index is 2.44. The van der Waals surface area contributed by atoms with Gasteiger partial charge in [-0.25, -0.2) is 0 Å². The molecule has 0 spiro atoms. The standard InChI is InChI=1S/C9H11NO/c1-6-3-9-8(10-5-6)4-7(2)11-9/h4-6H,3H2,1-2H3. The molecule has 2 heteroatoms. The Morgan fingerprint density at radius 2 is 2.45 bits per heavy atom. The van der Waals surface area contributed by atoms with Gasteiger partial charge in [0.15, 0.2) is 0 Å². The van der Waals surface area contributed by atoms with Gasteiger partial charge in [-0.3, -0.25) is 4.99 Å². The van der Waals surface area contributed by atoms with E-state index >= 15 is 0 Å². The van der Waals surface area contributed by atoms with E-state index in [0.29, 0.717) is 5.92 Å². The number of aliphatic imine (C=N–C) groups is 1. The van der Waals surface area contributed by atoms with Crippen LogP contribution in [0.5, 0.6) is 0 Å². The predicted octanol–water partition coefficient (Wildman–Crippen LogP) is 2.48. The first kappa shape index (κ1) is 6.65. The molecule has 0 radical (unpaired) electrons. The third-order valence-corrected chi connectivity index (χ3v) is 1.89. The summed E-state index contributed by atoms with van der Waals surface area (Å²) in [5, 5.41) is 0. The Labute approximate surface area is 65.9 Å². The Kier molecular flexibility index (Phi) is 1.34. The van der Waals surface area contributed by atoms with E-state index in [9.17, 15) is 0 Å². The molecule has 2 nitrogen and oxygen atoms in total. The van der Waals surface area contributed by atoms with Crippen molar-refractivity contribution in [1.29, 1.82) is 0 Å². The van der Waals surface area contributed by atoms with Gasteiger partial charge in [-0.1, -0.05) is 6.92 Å². The van der Waals surface area contributed by atoms with E-state index < -0.39 is 0 Å². The van der Waals surface area contributed by atoms with Gasteiger partial charge in [-0.2, -0.15) is 0 Å². The SMILES string of the molecule is Cc1cc2c(o1)CC(C)C=N2. The van der Waals surface area contributed by atoms with Gasteiger partial charge < -0.3 is 4.42 Å². The lowest BCUT2D eigenvalue weighted by Crippen LogP contribution is -2.03. The molecule has 0 aromatic carbocycles. The van der Waals surface area contributed by atoms with Crippen molar-refractivity contribution in [2.75, 3.05) is 0 Å². The molecule has 0 saturated heterocycles. The van der Waals surface area contributed by atoms with Crippen molar-refractivity contribution >= 4 is 11.9 Å². The lowest BCUT2D eigenvalue weighted by Gasteiger charge is -2.08. The number of hydrogen-bond donors (Lipinski definition) is 0. The number of hydrogen-bond acceptors (Lipinski definition) is 2. The maximum atomic E-state index is 5.46. The summed E-state index contributed by atoms with van der Waals surface area (Å²) < 4.78 is 5.46. The number of furan rings is 1. The minimum atomic E-state index is 0.521. The molecule has 0 saturated carbocycles. The van der Waals surface area contributed by atoms with Crippen LogP contribution in [0.2, 0.25) is 0 Å². The van der Waals surface area contributed by atoms with Crippen molar-refractivity contribution in [3.63, 3.8) is 0 Å². The lowest BCUT2D eigenvalue weighted by molar-refractivity contribution is 0.468. The number of rotatable bonds is 0. The molecule has 58 valence electrons. The zero-order valence-corrected chi connectivity index (χ0v) is 6.79. The lowest BCUT2D eigenvalue weighted by atomic mass is 10.1. The molecule has 0 fully saturated rings. The molecule has 1 atom stereocenters. The smallest absolute Gasteiger partial charge is 0.130 e. The molecule has 0 N–H and O–H groups in total. The maximum Gasteiger partial charge on any atom is 0.130 e. The Morgan fingerprint density at radius 1 is 1.64 bits per heavy atom. The van der Waals surface area contributed by atoms with Crippen LogP contribution < -0.4 is 0 Å². The molecule has 2 rings (SSSR count). The van der Waals surface area contributed by atoms with Crippen molar-refractivity contribution in [3.8, 4) is 0 Å². The van der Waals surface area contributed by atoms with Gasteiger partial charge in [0, 0.05) is 18.7 Å². The third kappa shape index (κ3) is 1.09. The summed E-state index contributed by atoms with van der Waals surface area (Å²) >= 11 is 0. The zero-order chi connectivity index (χ0) is 7.84. The van der Waals surface area contributed by atoms with Crippen molar-refractivity contribution in [1.82, 2.24) is 0 Å². The second-order valence-electron chi connectivity index (χ2n) is 3.13. The average Bonchev–Trinajstić information content (AvgIpc) is 2.27. The summed E-state index contributed by atoms with van der Waals surface area (Å²) in [7, 11) is 0. The van der Waals surface area contributed by atoms with Crippen molar-refractivity contribution in [2.24, 2.45) is 10.9 Å². The summed E-state index contributed by atoms with van der Waals surface area (Å²) in [6.45, 7) is 4.10. The Bertz CT molecular complexity index is 299. The van der Waals surface area contributed by atoms with Gasteiger partial charge in [0.2, 0.25) is 0 Å². The van der Waals surface area contributed by atoms with Gasteiger partial charge in [-0.05, 0) is 12.8 Å². The Morgan fingerprint density at radius 3 is 3.27 bits per heavy atom. The average molecular weight is 149 g/mol. The topological polar surface area (TPSA) is 25.5 Å². The van der Waals surface area contributed by atoms with Crippen molar-refractivity contribution < 1.29 is 4.42 Å². The summed E-state index contributed by atoms with van der Waals surface area (Å²) in [5.41, 5.74) is 1.01. The summed E-state index contributed by atoms with van der Waals surface area (Å²) in [6, 6.07) is 1.98. The highest BCUT2D eigenvalue weighted by Crippen LogP contribution is 2.28. The molecular formula is C9H11NO. The fourth-order valence-corrected chi connectivity index (χ4v) is 1.36. The van der Waals surface area contributed by atoms with Gasteiger partial charge in [0.1, 0.15) is 17.2 Å². The minimum Gasteiger partial charge on any atom is -0.464 e. The van der Waals surface area contributed by atoms with Gasteiger partial charge in [0.25, 0.3) is 0 Å². The van der Waals surface area contributed by atoms with E-state index in [2.05, 4.69) is 11.9 Å². The predicted molar refractivity (Wildman–Crippen MR) is 44.5 cm³/mol. The fraction of sp³-hybridized carbons (Fsp3) is 0.444. The van der Waals surface area contributed by atoms with Gasteiger partial charge in [-0.15, -0.1) is 0 Å². The van der Waals surface area contributed by atoms with E-state index in [0.717, 1.165) is 23.6 Å². The summed E-state index contributed by atoms with van der Waals surface area (Å²) in [6.07, 6.45) is 2.98. The molecular weight excluding hydrogens is 138 g/mol. The highest BCUT2D eigenvalue weighted by atomic mass is 16.3. The maximum absolute atomic E-state index is 5.46. The molecule has 0 bridgehead atoms. The van der Waals surface area contributed by atoms with Crippen molar-refractivity contribution in [2.45, 2.75) is 20.3 Å². The van der Waals surface area contributed by atoms with Gasteiger partial charge in [0.05, 0.1) is 0 Å². The van der Waals surface area contributed by atoms with E-state index in [4.69, 9.17) is 4.42 Å². The molecule has 1 aromatic heterocycles. The summed E-state index contributed by atoms with van der Waals surface area (Å²) in [5.74, 6) is 2.52.